The van der Waals surface area contributed by atoms with Crippen molar-refractivity contribution in [3.63, 3.8) is 0 Å². The molecule has 1 N–H and O–H groups in total. The molecule has 1 aliphatic rings. The van der Waals surface area contributed by atoms with E-state index in [1.54, 1.807) is 0 Å². The Hall–Kier alpha value is -2.14. The number of carbonyl (C=O) groups excluding carboxylic acids is 1. The third-order valence-corrected chi connectivity index (χ3v) is 3.75. The van der Waals surface area contributed by atoms with Crippen LogP contribution in [0, 0.1) is 6.92 Å². The summed E-state index contributed by atoms with van der Waals surface area (Å²) in [6.07, 6.45) is 1.73. The molecule has 5 heteroatoms. The molecule has 116 valence electrons. The fraction of sp³-hybridized carbons (Fsp3) is 0.412. The van der Waals surface area contributed by atoms with Crippen molar-refractivity contribution >= 4 is 16.8 Å². The van der Waals surface area contributed by atoms with Gasteiger partial charge in [-0.2, -0.15) is 0 Å². The topological polar surface area (TPSA) is 60.5 Å². The molecule has 1 aliphatic heterocycles. The molecule has 22 heavy (non-hydrogen) atoms. The summed E-state index contributed by atoms with van der Waals surface area (Å²) in [6, 6.07) is 9.83. The molecule has 0 unspecified atom stereocenters. The molecule has 0 atom stereocenters. The molecule has 2 heterocycles. The van der Waals surface area contributed by atoms with Gasteiger partial charge in [0.05, 0.1) is 5.52 Å². The van der Waals surface area contributed by atoms with Crippen molar-refractivity contribution in [3.8, 4) is 5.75 Å². The van der Waals surface area contributed by atoms with Crippen LogP contribution in [0.15, 0.2) is 30.3 Å². The highest BCUT2D eigenvalue weighted by Gasteiger charge is 2.16. The van der Waals surface area contributed by atoms with Crippen LogP contribution in [0.25, 0.3) is 10.9 Å². The van der Waals surface area contributed by atoms with E-state index in [4.69, 9.17) is 9.47 Å². The number of hydrogen-bond acceptors (Lipinski definition) is 4. The maximum absolute atomic E-state index is 12.0. The first-order chi connectivity index (χ1) is 10.7. The Morgan fingerprint density at radius 1 is 1.36 bits per heavy atom. The SMILES string of the molecule is Cc1cc(OCC(=O)NC2CCOCC2)c2ccccc2n1. The fourth-order valence-electron chi connectivity index (χ4n) is 2.64. The third-order valence-electron chi connectivity index (χ3n) is 3.75. The van der Waals surface area contributed by atoms with Gasteiger partial charge in [-0.3, -0.25) is 9.78 Å². The lowest BCUT2D eigenvalue weighted by Crippen LogP contribution is -2.41. The number of aryl methyl sites for hydroxylation is 1. The Kier molecular flexibility index (Phi) is 4.53. The van der Waals surface area contributed by atoms with E-state index >= 15 is 0 Å². The van der Waals surface area contributed by atoms with Crippen molar-refractivity contribution in [2.24, 2.45) is 0 Å². The summed E-state index contributed by atoms with van der Waals surface area (Å²) >= 11 is 0. The number of ether oxygens (including phenoxy) is 2. The van der Waals surface area contributed by atoms with Gasteiger partial charge in [-0.25, -0.2) is 0 Å². The highest BCUT2D eigenvalue weighted by Crippen LogP contribution is 2.25. The molecular weight excluding hydrogens is 280 g/mol. The lowest BCUT2D eigenvalue weighted by Gasteiger charge is -2.23. The number of benzene rings is 1. The van der Waals surface area contributed by atoms with Crippen LogP contribution in [-0.4, -0.2) is 36.8 Å². The van der Waals surface area contributed by atoms with Gasteiger partial charge >= 0.3 is 0 Å². The van der Waals surface area contributed by atoms with Crippen molar-refractivity contribution in [2.75, 3.05) is 19.8 Å². The van der Waals surface area contributed by atoms with Crippen LogP contribution in [0.1, 0.15) is 18.5 Å². The molecule has 0 saturated carbocycles. The molecule has 1 fully saturated rings. The predicted molar refractivity (Wildman–Crippen MR) is 84.0 cm³/mol. The van der Waals surface area contributed by atoms with Gasteiger partial charge in [-0.15, -0.1) is 0 Å². The summed E-state index contributed by atoms with van der Waals surface area (Å²) in [5.74, 6) is 0.607. The monoisotopic (exact) mass is 300 g/mol. The van der Waals surface area contributed by atoms with Gasteiger partial charge in [0.15, 0.2) is 6.61 Å². The quantitative estimate of drug-likeness (QED) is 0.940. The Morgan fingerprint density at radius 2 is 2.14 bits per heavy atom. The minimum atomic E-state index is -0.0922. The third kappa shape index (κ3) is 3.54. The van der Waals surface area contributed by atoms with E-state index < -0.39 is 0 Å². The highest BCUT2D eigenvalue weighted by atomic mass is 16.5. The molecule has 0 radical (unpaired) electrons. The number of fused-ring (bicyclic) bond motifs is 1. The molecule has 1 aromatic heterocycles. The number of amides is 1. The molecule has 1 saturated heterocycles. The first-order valence-electron chi connectivity index (χ1n) is 7.58. The van der Waals surface area contributed by atoms with E-state index in [0.717, 1.165) is 29.4 Å². The van der Waals surface area contributed by atoms with Gasteiger partial charge in [0.2, 0.25) is 0 Å². The zero-order valence-corrected chi connectivity index (χ0v) is 12.7. The summed E-state index contributed by atoms with van der Waals surface area (Å²) in [7, 11) is 0. The summed E-state index contributed by atoms with van der Waals surface area (Å²) in [4.78, 5) is 16.5. The summed E-state index contributed by atoms with van der Waals surface area (Å²) < 4.78 is 11.0. The highest BCUT2D eigenvalue weighted by molar-refractivity contribution is 5.86. The average molecular weight is 300 g/mol. The first kappa shape index (κ1) is 14.8. The van der Waals surface area contributed by atoms with Crippen molar-refractivity contribution in [3.05, 3.63) is 36.0 Å². The van der Waals surface area contributed by atoms with E-state index in [-0.39, 0.29) is 18.6 Å². The zero-order chi connectivity index (χ0) is 15.4. The normalized spacial score (nSPS) is 15.7. The molecule has 2 aromatic rings. The van der Waals surface area contributed by atoms with Crippen molar-refractivity contribution in [1.29, 1.82) is 0 Å². The Bertz CT molecular complexity index is 666. The van der Waals surface area contributed by atoms with Crippen LogP contribution in [0.2, 0.25) is 0 Å². The van der Waals surface area contributed by atoms with Crippen LogP contribution in [0.4, 0.5) is 0 Å². The second-order valence-corrected chi connectivity index (χ2v) is 5.52. The number of para-hydroxylation sites is 1. The number of nitrogens with one attached hydrogen (secondary N) is 1. The van der Waals surface area contributed by atoms with Gasteiger partial charge in [0.25, 0.3) is 5.91 Å². The van der Waals surface area contributed by atoms with Gasteiger partial charge < -0.3 is 14.8 Å². The summed E-state index contributed by atoms with van der Waals surface area (Å²) in [5, 5.41) is 3.92. The second kappa shape index (κ2) is 6.75. The van der Waals surface area contributed by atoms with Crippen LogP contribution < -0.4 is 10.1 Å². The number of pyridine rings is 1. The molecule has 1 amide bonds. The van der Waals surface area contributed by atoms with E-state index in [9.17, 15) is 4.79 Å². The zero-order valence-electron chi connectivity index (χ0n) is 12.7. The Balaban J connectivity index is 1.64. The summed E-state index contributed by atoms with van der Waals surface area (Å²) in [6.45, 7) is 3.35. The van der Waals surface area contributed by atoms with Crippen LogP contribution in [0.3, 0.4) is 0 Å². The predicted octanol–water partition coefficient (Wildman–Crippen LogP) is 2.22. The largest absolute Gasteiger partial charge is 0.483 e. The molecular formula is C17H20N2O3. The second-order valence-electron chi connectivity index (χ2n) is 5.52. The van der Waals surface area contributed by atoms with Gasteiger partial charge in [-0.1, -0.05) is 12.1 Å². The van der Waals surface area contributed by atoms with Crippen molar-refractivity contribution in [2.45, 2.75) is 25.8 Å². The molecule has 0 spiro atoms. The van der Waals surface area contributed by atoms with Crippen molar-refractivity contribution < 1.29 is 14.3 Å². The van der Waals surface area contributed by atoms with Crippen LogP contribution >= 0.6 is 0 Å². The number of aromatic nitrogens is 1. The standard InChI is InChI=1S/C17H20N2O3/c1-12-10-16(14-4-2-3-5-15(14)18-12)22-11-17(20)19-13-6-8-21-9-7-13/h2-5,10,13H,6-9,11H2,1H3,(H,19,20). The minimum absolute atomic E-state index is 0.0187. The number of rotatable bonds is 4. The Morgan fingerprint density at radius 3 is 2.95 bits per heavy atom. The molecule has 0 aliphatic carbocycles. The number of hydrogen-bond donors (Lipinski definition) is 1. The maximum atomic E-state index is 12.0. The molecule has 3 rings (SSSR count). The fourth-order valence-corrected chi connectivity index (χ4v) is 2.64. The van der Waals surface area contributed by atoms with E-state index in [0.29, 0.717) is 19.0 Å². The lowest BCUT2D eigenvalue weighted by molar-refractivity contribution is -0.124. The molecule has 0 bridgehead atoms. The lowest BCUT2D eigenvalue weighted by atomic mass is 10.1. The molecule has 1 aromatic carbocycles. The number of nitrogens with zero attached hydrogens (tertiary/aromatic N) is 1. The maximum Gasteiger partial charge on any atom is 0.258 e. The van der Waals surface area contributed by atoms with E-state index in [1.807, 2.05) is 37.3 Å². The summed E-state index contributed by atoms with van der Waals surface area (Å²) in [5.41, 5.74) is 1.75. The minimum Gasteiger partial charge on any atom is -0.483 e. The number of carbonyl (C=O) groups is 1. The van der Waals surface area contributed by atoms with Crippen LogP contribution in [-0.2, 0) is 9.53 Å². The van der Waals surface area contributed by atoms with Crippen molar-refractivity contribution in [1.82, 2.24) is 10.3 Å². The molecule has 5 nitrogen and oxygen atoms in total. The van der Waals surface area contributed by atoms with Gasteiger partial charge in [-0.05, 0) is 31.9 Å². The Labute approximate surface area is 129 Å². The van der Waals surface area contributed by atoms with Gasteiger partial charge in [0.1, 0.15) is 5.75 Å². The van der Waals surface area contributed by atoms with E-state index in [1.165, 1.54) is 0 Å². The van der Waals surface area contributed by atoms with Crippen LogP contribution in [0.5, 0.6) is 5.75 Å². The smallest absolute Gasteiger partial charge is 0.258 e. The van der Waals surface area contributed by atoms with Gasteiger partial charge in [0, 0.05) is 36.4 Å². The average Bonchev–Trinajstić information content (AvgIpc) is 2.53. The first-order valence-corrected chi connectivity index (χ1v) is 7.58. The van der Waals surface area contributed by atoms with E-state index in [2.05, 4.69) is 10.3 Å².